The smallest absolute Gasteiger partial charge is 0.241 e. The molecule has 1 aromatic carbocycles. The molecule has 1 saturated heterocycles. The zero-order valence-electron chi connectivity index (χ0n) is 17.9. The van der Waals surface area contributed by atoms with Crippen LogP contribution in [0.5, 0.6) is 0 Å². The molecule has 0 bridgehead atoms. The van der Waals surface area contributed by atoms with Gasteiger partial charge in [0.05, 0.1) is 6.54 Å². The number of unbranched alkanes of at least 4 members (excludes halogenated alkanes) is 1. The lowest BCUT2D eigenvalue weighted by atomic mass is 9.90. The highest BCUT2D eigenvalue weighted by Gasteiger charge is 2.22. The van der Waals surface area contributed by atoms with Crippen LogP contribution in [0.25, 0.3) is 0 Å². The number of carbonyl (C=O) groups is 1. The number of piperidine rings is 1. The monoisotopic (exact) mass is 516 g/mol. The molecule has 0 atom stereocenters. The van der Waals surface area contributed by atoms with Gasteiger partial charge in [0.2, 0.25) is 5.91 Å². The van der Waals surface area contributed by atoms with Gasteiger partial charge in [-0.2, -0.15) is 0 Å². The van der Waals surface area contributed by atoms with Crippen LogP contribution in [0.3, 0.4) is 0 Å². The third-order valence-electron chi connectivity index (χ3n) is 5.18. The summed E-state index contributed by atoms with van der Waals surface area (Å²) in [4.78, 5) is 18.7. The number of amides is 1. The molecule has 2 N–H and O–H groups in total. The van der Waals surface area contributed by atoms with Crippen molar-refractivity contribution in [2.75, 3.05) is 46.4 Å². The van der Waals surface area contributed by atoms with E-state index in [4.69, 9.17) is 4.74 Å². The summed E-state index contributed by atoms with van der Waals surface area (Å²) < 4.78 is 5.33. The second-order valence-corrected chi connectivity index (χ2v) is 7.27. The lowest BCUT2D eigenvalue weighted by Crippen LogP contribution is -2.47. The summed E-state index contributed by atoms with van der Waals surface area (Å²) >= 11 is 0. The third kappa shape index (κ3) is 10.3. The maximum Gasteiger partial charge on any atom is 0.241 e. The maximum atomic E-state index is 12.5. The molecule has 1 heterocycles. The fourth-order valence-electron chi connectivity index (χ4n) is 3.51. The highest BCUT2D eigenvalue weighted by atomic mass is 127. The second-order valence-electron chi connectivity index (χ2n) is 7.27. The van der Waals surface area contributed by atoms with Gasteiger partial charge >= 0.3 is 0 Å². The standard InChI is InChI=1S/C22H36N4O2.HI/c1-3-28-16-8-7-13-24-22(23-2)25-18-21(27)26-14-11-20(12-15-26)17-19-9-5-4-6-10-19;/h4-6,9-10,20H,3,7-8,11-18H2,1-2H3,(H2,23,24,25);1H. The minimum absolute atomic E-state index is 0. The zero-order chi connectivity index (χ0) is 20.0. The Hall–Kier alpha value is -1.35. The number of carbonyl (C=O) groups excluding carboxylic acids is 1. The molecule has 1 aliphatic rings. The number of benzene rings is 1. The van der Waals surface area contributed by atoms with Crippen molar-refractivity contribution in [2.24, 2.45) is 10.9 Å². The molecular weight excluding hydrogens is 479 g/mol. The van der Waals surface area contributed by atoms with Crippen molar-refractivity contribution in [1.29, 1.82) is 0 Å². The van der Waals surface area contributed by atoms with Crippen molar-refractivity contribution in [3.63, 3.8) is 0 Å². The van der Waals surface area contributed by atoms with Crippen molar-refractivity contribution in [3.8, 4) is 0 Å². The fourth-order valence-corrected chi connectivity index (χ4v) is 3.51. The number of aliphatic imine (C=N–C) groups is 1. The predicted molar refractivity (Wildman–Crippen MR) is 130 cm³/mol. The summed E-state index contributed by atoms with van der Waals surface area (Å²) in [6, 6.07) is 10.6. The van der Waals surface area contributed by atoms with Gasteiger partial charge in [-0.15, -0.1) is 24.0 Å². The van der Waals surface area contributed by atoms with Gasteiger partial charge in [0.25, 0.3) is 0 Å². The van der Waals surface area contributed by atoms with Crippen LogP contribution < -0.4 is 10.6 Å². The zero-order valence-corrected chi connectivity index (χ0v) is 20.2. The molecule has 1 fully saturated rings. The normalized spacial score (nSPS) is 15.0. The summed E-state index contributed by atoms with van der Waals surface area (Å²) in [6.07, 6.45) is 5.31. The Balaban J connectivity index is 0.00000420. The Morgan fingerprint density at radius 2 is 1.90 bits per heavy atom. The highest BCUT2D eigenvalue weighted by Crippen LogP contribution is 2.21. The van der Waals surface area contributed by atoms with E-state index in [2.05, 4.69) is 46.0 Å². The topological polar surface area (TPSA) is 66.0 Å². The Kier molecular flexibility index (Phi) is 13.7. The van der Waals surface area contributed by atoms with Crippen molar-refractivity contribution < 1.29 is 9.53 Å². The number of nitrogens with zero attached hydrogens (tertiary/aromatic N) is 2. The number of hydrogen-bond donors (Lipinski definition) is 2. The fraction of sp³-hybridized carbons (Fsp3) is 0.636. The summed E-state index contributed by atoms with van der Waals surface area (Å²) in [6.45, 7) is 6.38. The minimum Gasteiger partial charge on any atom is -0.382 e. The Morgan fingerprint density at radius 1 is 1.17 bits per heavy atom. The Bertz CT molecular complexity index is 590. The van der Waals surface area contributed by atoms with Crippen LogP contribution in [0.1, 0.15) is 38.2 Å². The third-order valence-corrected chi connectivity index (χ3v) is 5.18. The van der Waals surface area contributed by atoms with E-state index in [1.165, 1.54) is 5.56 Å². The van der Waals surface area contributed by atoms with Crippen LogP contribution in [0, 0.1) is 5.92 Å². The molecule has 29 heavy (non-hydrogen) atoms. The van der Waals surface area contributed by atoms with Gasteiger partial charge in [-0.25, -0.2) is 0 Å². The molecule has 0 aromatic heterocycles. The Morgan fingerprint density at radius 3 is 2.55 bits per heavy atom. The molecule has 6 nitrogen and oxygen atoms in total. The van der Waals surface area contributed by atoms with Gasteiger partial charge in [-0.3, -0.25) is 9.79 Å². The van der Waals surface area contributed by atoms with E-state index in [1.807, 2.05) is 11.8 Å². The molecule has 0 radical (unpaired) electrons. The van der Waals surface area contributed by atoms with Crippen molar-refractivity contribution in [3.05, 3.63) is 35.9 Å². The first-order chi connectivity index (χ1) is 13.7. The van der Waals surface area contributed by atoms with E-state index in [0.717, 1.165) is 65.0 Å². The van der Waals surface area contributed by atoms with E-state index in [9.17, 15) is 4.79 Å². The number of nitrogens with one attached hydrogen (secondary N) is 2. The number of likely N-dealkylation sites (tertiary alicyclic amines) is 1. The van der Waals surface area contributed by atoms with Gasteiger partial charge in [-0.05, 0) is 50.5 Å². The largest absolute Gasteiger partial charge is 0.382 e. The first kappa shape index (κ1) is 25.7. The molecule has 1 aliphatic heterocycles. The number of halogens is 1. The Labute approximate surface area is 192 Å². The highest BCUT2D eigenvalue weighted by molar-refractivity contribution is 14.0. The van der Waals surface area contributed by atoms with Crippen LogP contribution in [-0.4, -0.2) is 63.2 Å². The summed E-state index contributed by atoms with van der Waals surface area (Å²) in [5.74, 6) is 1.51. The van der Waals surface area contributed by atoms with E-state index < -0.39 is 0 Å². The van der Waals surface area contributed by atoms with Crippen molar-refractivity contribution in [1.82, 2.24) is 15.5 Å². The number of hydrogen-bond acceptors (Lipinski definition) is 3. The van der Waals surface area contributed by atoms with Crippen molar-refractivity contribution >= 4 is 35.8 Å². The number of rotatable bonds is 10. The second kappa shape index (κ2) is 15.5. The SMILES string of the molecule is CCOCCCCNC(=NC)NCC(=O)N1CCC(Cc2ccccc2)CC1.I. The van der Waals surface area contributed by atoms with E-state index in [1.54, 1.807) is 7.05 Å². The average molecular weight is 516 g/mol. The summed E-state index contributed by atoms with van der Waals surface area (Å²) in [5, 5.41) is 6.39. The number of ether oxygens (including phenoxy) is 1. The lowest BCUT2D eigenvalue weighted by Gasteiger charge is -2.32. The molecular formula is C22H37IN4O2. The van der Waals surface area contributed by atoms with Crippen LogP contribution >= 0.6 is 24.0 Å². The summed E-state index contributed by atoms with van der Waals surface area (Å²) in [5.41, 5.74) is 1.39. The van der Waals surface area contributed by atoms with E-state index >= 15 is 0 Å². The molecule has 7 heteroatoms. The molecule has 0 saturated carbocycles. The maximum absolute atomic E-state index is 12.5. The minimum atomic E-state index is 0. The van der Waals surface area contributed by atoms with Gasteiger partial charge in [0.15, 0.2) is 5.96 Å². The van der Waals surface area contributed by atoms with Crippen molar-refractivity contribution in [2.45, 2.75) is 39.0 Å². The molecule has 0 unspecified atom stereocenters. The molecule has 1 aromatic rings. The van der Waals surface area contributed by atoms with Crippen LogP contribution in [-0.2, 0) is 16.0 Å². The van der Waals surface area contributed by atoms with Crippen LogP contribution in [0.4, 0.5) is 0 Å². The van der Waals surface area contributed by atoms with Crippen LogP contribution in [0.2, 0.25) is 0 Å². The lowest BCUT2D eigenvalue weighted by molar-refractivity contribution is -0.131. The first-order valence-corrected chi connectivity index (χ1v) is 10.6. The van der Waals surface area contributed by atoms with Gasteiger partial charge in [0, 0.05) is 39.9 Å². The predicted octanol–water partition coefficient (Wildman–Crippen LogP) is 3.07. The molecule has 164 valence electrons. The van der Waals surface area contributed by atoms with Gasteiger partial charge in [-0.1, -0.05) is 30.3 Å². The molecule has 2 rings (SSSR count). The van der Waals surface area contributed by atoms with E-state index in [-0.39, 0.29) is 29.9 Å². The van der Waals surface area contributed by atoms with Gasteiger partial charge in [0.1, 0.15) is 0 Å². The summed E-state index contributed by atoms with van der Waals surface area (Å²) in [7, 11) is 1.73. The molecule has 0 aliphatic carbocycles. The van der Waals surface area contributed by atoms with Gasteiger partial charge < -0.3 is 20.3 Å². The quantitative estimate of drug-likeness (QED) is 0.217. The van der Waals surface area contributed by atoms with Crippen LogP contribution in [0.15, 0.2) is 35.3 Å². The first-order valence-electron chi connectivity index (χ1n) is 10.6. The number of guanidine groups is 1. The van der Waals surface area contributed by atoms with E-state index in [0.29, 0.717) is 18.4 Å². The molecule has 0 spiro atoms. The average Bonchev–Trinajstić information content (AvgIpc) is 2.74. The molecule has 1 amide bonds.